The average molecular weight is 295 g/mol. The van der Waals surface area contributed by atoms with Crippen LogP contribution in [-0.4, -0.2) is 37.7 Å². The van der Waals surface area contributed by atoms with Gasteiger partial charge >= 0.3 is 0 Å². The van der Waals surface area contributed by atoms with Gasteiger partial charge in [0.2, 0.25) is 5.91 Å². The fraction of sp³-hybridized carbons (Fsp3) is 0.533. The zero-order valence-corrected chi connectivity index (χ0v) is 12.6. The minimum atomic E-state index is 0.131. The van der Waals surface area contributed by atoms with Gasteiger partial charge in [-0.1, -0.05) is 0 Å². The van der Waals surface area contributed by atoms with Crippen molar-refractivity contribution in [2.45, 2.75) is 12.8 Å². The van der Waals surface area contributed by atoms with Crippen molar-refractivity contribution in [1.82, 2.24) is 5.32 Å². The molecule has 2 rings (SSSR count). The van der Waals surface area contributed by atoms with Crippen molar-refractivity contribution in [2.24, 2.45) is 5.92 Å². The van der Waals surface area contributed by atoms with Gasteiger partial charge in [0.15, 0.2) is 0 Å². The summed E-state index contributed by atoms with van der Waals surface area (Å²) >= 11 is 1.60. The molecule has 20 heavy (non-hydrogen) atoms. The maximum Gasteiger partial charge on any atom is 0.230 e. The first-order valence-corrected chi connectivity index (χ1v) is 8.04. The van der Waals surface area contributed by atoms with Gasteiger partial charge in [-0.3, -0.25) is 4.79 Å². The molecule has 0 unspecified atom stereocenters. The van der Waals surface area contributed by atoms with Gasteiger partial charge in [-0.05, 0) is 43.0 Å². The third-order valence-corrected chi connectivity index (χ3v) is 4.00. The normalized spacial score (nSPS) is 13.8. The van der Waals surface area contributed by atoms with Crippen LogP contribution in [0.2, 0.25) is 0 Å². The molecule has 1 amide bonds. The second-order valence-corrected chi connectivity index (χ2v) is 5.93. The van der Waals surface area contributed by atoms with E-state index in [1.54, 1.807) is 18.9 Å². The maximum atomic E-state index is 11.5. The predicted octanol–water partition coefficient (Wildman–Crippen LogP) is 2.33. The molecule has 0 saturated heterocycles. The van der Waals surface area contributed by atoms with E-state index >= 15 is 0 Å². The van der Waals surface area contributed by atoms with Crippen LogP contribution in [0.4, 0.5) is 0 Å². The Bertz CT molecular complexity index is 418. The Morgan fingerprint density at radius 3 is 2.65 bits per heavy atom. The van der Waals surface area contributed by atoms with Gasteiger partial charge < -0.3 is 14.8 Å². The molecule has 0 heterocycles. The number of hydrogen-bond acceptors (Lipinski definition) is 4. The van der Waals surface area contributed by atoms with Crippen molar-refractivity contribution >= 4 is 17.7 Å². The number of amides is 1. The van der Waals surface area contributed by atoms with Crippen molar-refractivity contribution in [3.05, 3.63) is 24.3 Å². The molecule has 110 valence electrons. The minimum absolute atomic E-state index is 0.131. The number of carbonyl (C=O) groups excluding carboxylic acids is 1. The summed E-state index contributed by atoms with van der Waals surface area (Å²) in [7, 11) is 1.64. The summed E-state index contributed by atoms with van der Waals surface area (Å²) in [5.41, 5.74) is 0. The third-order valence-electron chi connectivity index (χ3n) is 3.07. The van der Waals surface area contributed by atoms with E-state index in [1.807, 2.05) is 24.3 Å². The maximum absolute atomic E-state index is 11.5. The zero-order valence-electron chi connectivity index (χ0n) is 11.8. The van der Waals surface area contributed by atoms with Gasteiger partial charge in [-0.15, -0.1) is 11.8 Å². The standard InChI is InChI=1S/C15H21NO3S/c1-18-13-4-6-14(7-5-13)19-8-9-20-11-15(17)16-10-12-2-3-12/h4-7,12H,2-3,8-11H2,1H3,(H,16,17). The lowest BCUT2D eigenvalue weighted by Crippen LogP contribution is -2.27. The summed E-state index contributed by atoms with van der Waals surface area (Å²) in [6.07, 6.45) is 2.53. The highest BCUT2D eigenvalue weighted by Crippen LogP contribution is 2.27. The van der Waals surface area contributed by atoms with Gasteiger partial charge in [-0.25, -0.2) is 0 Å². The number of rotatable bonds is 9. The van der Waals surface area contributed by atoms with E-state index in [9.17, 15) is 4.79 Å². The van der Waals surface area contributed by atoms with E-state index in [2.05, 4.69) is 5.32 Å². The van der Waals surface area contributed by atoms with Crippen LogP contribution >= 0.6 is 11.8 Å². The number of carbonyl (C=O) groups is 1. The van der Waals surface area contributed by atoms with E-state index < -0.39 is 0 Å². The number of methoxy groups -OCH3 is 1. The minimum Gasteiger partial charge on any atom is -0.497 e. The summed E-state index contributed by atoms with van der Waals surface area (Å²) in [6, 6.07) is 7.50. The molecule has 0 aliphatic heterocycles. The zero-order chi connectivity index (χ0) is 14.2. The highest BCUT2D eigenvalue weighted by atomic mass is 32.2. The Labute approximate surface area is 124 Å². The Balaban J connectivity index is 1.50. The van der Waals surface area contributed by atoms with E-state index in [1.165, 1.54) is 12.8 Å². The first-order valence-electron chi connectivity index (χ1n) is 6.89. The van der Waals surface area contributed by atoms with Gasteiger partial charge in [0.1, 0.15) is 11.5 Å². The van der Waals surface area contributed by atoms with Crippen molar-refractivity contribution < 1.29 is 14.3 Å². The molecule has 0 aromatic heterocycles. The van der Waals surface area contributed by atoms with Crippen molar-refractivity contribution in [3.8, 4) is 11.5 Å². The summed E-state index contributed by atoms with van der Waals surface area (Å²) in [4.78, 5) is 11.5. The number of thioether (sulfide) groups is 1. The molecule has 1 saturated carbocycles. The number of nitrogens with one attached hydrogen (secondary N) is 1. The largest absolute Gasteiger partial charge is 0.497 e. The molecule has 5 heteroatoms. The van der Waals surface area contributed by atoms with Crippen LogP contribution in [0, 0.1) is 5.92 Å². The average Bonchev–Trinajstić information content (AvgIpc) is 3.29. The van der Waals surface area contributed by atoms with Crippen molar-refractivity contribution in [2.75, 3.05) is 31.8 Å². The molecule has 1 aromatic rings. The summed E-state index contributed by atoms with van der Waals surface area (Å²) < 4.78 is 10.7. The highest BCUT2D eigenvalue weighted by molar-refractivity contribution is 7.99. The fourth-order valence-electron chi connectivity index (χ4n) is 1.69. The van der Waals surface area contributed by atoms with Gasteiger partial charge in [0.25, 0.3) is 0 Å². The first-order chi connectivity index (χ1) is 9.78. The van der Waals surface area contributed by atoms with E-state index in [-0.39, 0.29) is 5.91 Å². The quantitative estimate of drug-likeness (QED) is 0.710. The molecule has 0 bridgehead atoms. The predicted molar refractivity (Wildman–Crippen MR) is 81.5 cm³/mol. The number of hydrogen-bond donors (Lipinski definition) is 1. The molecule has 1 aromatic carbocycles. The molecule has 0 atom stereocenters. The number of benzene rings is 1. The van der Waals surface area contributed by atoms with Crippen molar-refractivity contribution in [3.63, 3.8) is 0 Å². The van der Waals surface area contributed by atoms with Gasteiger partial charge in [0.05, 0.1) is 19.5 Å². The molecule has 0 spiro atoms. The second-order valence-electron chi connectivity index (χ2n) is 4.82. The molecular formula is C15H21NO3S. The van der Waals surface area contributed by atoms with Crippen LogP contribution in [-0.2, 0) is 4.79 Å². The Morgan fingerprint density at radius 1 is 1.30 bits per heavy atom. The Morgan fingerprint density at radius 2 is 2.00 bits per heavy atom. The van der Waals surface area contributed by atoms with Crippen molar-refractivity contribution in [1.29, 1.82) is 0 Å². The fourth-order valence-corrected chi connectivity index (χ4v) is 2.32. The van der Waals surface area contributed by atoms with E-state index in [0.29, 0.717) is 12.4 Å². The molecule has 1 fully saturated rings. The lowest BCUT2D eigenvalue weighted by molar-refractivity contribution is -0.118. The number of ether oxygens (including phenoxy) is 2. The van der Waals surface area contributed by atoms with Crippen LogP contribution in [0.15, 0.2) is 24.3 Å². The first kappa shape index (κ1) is 15.0. The lowest BCUT2D eigenvalue weighted by atomic mass is 10.3. The lowest BCUT2D eigenvalue weighted by Gasteiger charge is -2.07. The Kier molecular flexibility index (Phi) is 6.05. The van der Waals surface area contributed by atoms with Gasteiger partial charge in [0, 0.05) is 12.3 Å². The third kappa shape index (κ3) is 5.74. The van der Waals surface area contributed by atoms with E-state index in [4.69, 9.17) is 9.47 Å². The molecule has 4 nitrogen and oxygen atoms in total. The Hall–Kier alpha value is -1.36. The van der Waals surface area contributed by atoms with Crippen LogP contribution < -0.4 is 14.8 Å². The topological polar surface area (TPSA) is 47.6 Å². The summed E-state index contributed by atoms with van der Waals surface area (Å²) in [5.74, 6) is 3.83. The molecule has 1 aliphatic rings. The molecule has 0 radical (unpaired) electrons. The monoisotopic (exact) mass is 295 g/mol. The SMILES string of the molecule is COc1ccc(OCCSCC(=O)NCC2CC2)cc1. The van der Waals surface area contributed by atoms with Crippen LogP contribution in [0.5, 0.6) is 11.5 Å². The molecule has 1 aliphatic carbocycles. The smallest absolute Gasteiger partial charge is 0.230 e. The summed E-state index contributed by atoms with van der Waals surface area (Å²) in [6.45, 7) is 1.45. The van der Waals surface area contributed by atoms with Gasteiger partial charge in [-0.2, -0.15) is 0 Å². The van der Waals surface area contributed by atoms with Crippen LogP contribution in [0.3, 0.4) is 0 Å². The molecule has 1 N–H and O–H groups in total. The summed E-state index contributed by atoms with van der Waals surface area (Å²) in [5, 5.41) is 2.95. The van der Waals surface area contributed by atoms with Crippen LogP contribution in [0.1, 0.15) is 12.8 Å². The molecular weight excluding hydrogens is 274 g/mol. The van der Waals surface area contributed by atoms with Crippen LogP contribution in [0.25, 0.3) is 0 Å². The van der Waals surface area contributed by atoms with E-state index in [0.717, 1.165) is 29.7 Å². The second kappa shape index (κ2) is 8.04. The highest BCUT2D eigenvalue weighted by Gasteiger charge is 2.21.